The van der Waals surface area contributed by atoms with E-state index in [4.69, 9.17) is 0 Å². The first kappa shape index (κ1) is 17.1. The summed E-state index contributed by atoms with van der Waals surface area (Å²) in [5, 5.41) is 2.91. The molecule has 0 aliphatic carbocycles. The molecular weight excluding hydrogens is 346 g/mol. The number of amides is 1. The molecule has 1 aromatic heterocycles. The van der Waals surface area contributed by atoms with Gasteiger partial charge in [0.15, 0.2) is 0 Å². The van der Waals surface area contributed by atoms with Gasteiger partial charge in [-0.1, -0.05) is 18.2 Å². The van der Waals surface area contributed by atoms with Crippen molar-refractivity contribution in [1.29, 1.82) is 0 Å². The molecule has 1 aliphatic heterocycles. The van der Waals surface area contributed by atoms with E-state index in [1.165, 1.54) is 0 Å². The molecule has 6 nitrogen and oxygen atoms in total. The van der Waals surface area contributed by atoms with Crippen LogP contribution < -0.4 is 9.62 Å². The van der Waals surface area contributed by atoms with Gasteiger partial charge in [0.1, 0.15) is 0 Å². The molecule has 3 rings (SSSR count). The Bertz CT molecular complexity index is 776. The van der Waals surface area contributed by atoms with Gasteiger partial charge >= 0.3 is 0 Å². The van der Waals surface area contributed by atoms with Crippen molar-refractivity contribution in [3.05, 3.63) is 47.8 Å². The fourth-order valence-corrected chi connectivity index (χ4v) is 4.41. The zero-order valence-electron chi connectivity index (χ0n) is 13.1. The minimum atomic E-state index is -3.49. The maximum absolute atomic E-state index is 12.2. The minimum Gasteiger partial charge on any atom is -0.301 e. The third-order valence-corrected chi connectivity index (χ3v) is 6.21. The molecule has 8 heteroatoms. The average molecular weight is 365 g/mol. The summed E-state index contributed by atoms with van der Waals surface area (Å²) < 4.78 is 26.9. The molecule has 1 aromatic carbocycles. The Morgan fingerprint density at radius 2 is 1.88 bits per heavy atom. The summed E-state index contributed by atoms with van der Waals surface area (Å²) in [7, 11) is -3.49. The summed E-state index contributed by atoms with van der Waals surface area (Å²) in [6, 6.07) is 12.1. The van der Waals surface area contributed by atoms with Crippen molar-refractivity contribution in [2.75, 3.05) is 37.6 Å². The lowest BCUT2D eigenvalue weighted by molar-refractivity contribution is -0.121. The zero-order chi connectivity index (χ0) is 17.0. The number of nitrogens with zero attached hydrogens (tertiary/aromatic N) is 2. The first-order valence-corrected chi connectivity index (χ1v) is 10.0. The van der Waals surface area contributed by atoms with Crippen molar-refractivity contribution in [3.8, 4) is 0 Å². The van der Waals surface area contributed by atoms with Crippen LogP contribution in [0.2, 0.25) is 0 Å². The number of nitrogens with one attached hydrogen (secondary N) is 1. The van der Waals surface area contributed by atoms with Gasteiger partial charge in [-0.25, -0.2) is 13.1 Å². The van der Waals surface area contributed by atoms with Gasteiger partial charge in [-0.2, -0.15) is 0 Å². The molecular formula is C16H19N3O3S2. The average Bonchev–Trinajstić information content (AvgIpc) is 3.10. The Morgan fingerprint density at radius 1 is 1.08 bits per heavy atom. The van der Waals surface area contributed by atoms with Gasteiger partial charge in [0, 0.05) is 26.2 Å². The van der Waals surface area contributed by atoms with E-state index in [0.717, 1.165) is 11.5 Å². The van der Waals surface area contributed by atoms with Crippen molar-refractivity contribution in [2.45, 2.75) is 4.90 Å². The summed E-state index contributed by atoms with van der Waals surface area (Å²) in [4.78, 5) is 16.2. The minimum absolute atomic E-state index is 0.0506. The normalized spacial score (nSPS) is 16.5. The number of carbonyl (C=O) groups is 1. The summed E-state index contributed by atoms with van der Waals surface area (Å²) in [5.74, 6) is 0.0506. The number of sulfonamides is 1. The Labute approximate surface area is 145 Å². The van der Waals surface area contributed by atoms with Gasteiger partial charge in [0.05, 0.1) is 16.4 Å². The van der Waals surface area contributed by atoms with Crippen LogP contribution in [-0.4, -0.2) is 51.9 Å². The summed E-state index contributed by atoms with van der Waals surface area (Å²) in [6.45, 7) is 2.46. The number of rotatable bonds is 6. The molecule has 0 atom stereocenters. The lowest BCUT2D eigenvalue weighted by Gasteiger charge is -2.33. The molecule has 128 valence electrons. The third-order valence-electron chi connectivity index (χ3n) is 3.85. The summed E-state index contributed by atoms with van der Waals surface area (Å²) in [5.41, 5.74) is 0. The topological polar surface area (TPSA) is 69.7 Å². The third kappa shape index (κ3) is 4.02. The van der Waals surface area contributed by atoms with Crippen molar-refractivity contribution in [3.63, 3.8) is 0 Å². The van der Waals surface area contributed by atoms with E-state index in [1.54, 1.807) is 46.6 Å². The van der Waals surface area contributed by atoms with Crippen molar-refractivity contribution < 1.29 is 13.2 Å². The number of carbonyl (C=O) groups excluding carboxylic acids is 1. The Kier molecular flexibility index (Phi) is 5.30. The number of anilines is 1. The van der Waals surface area contributed by atoms with E-state index in [0.29, 0.717) is 19.6 Å². The highest BCUT2D eigenvalue weighted by atomic mass is 32.2. The first-order chi connectivity index (χ1) is 11.6. The van der Waals surface area contributed by atoms with Gasteiger partial charge in [-0.15, -0.1) is 11.3 Å². The predicted molar refractivity (Wildman–Crippen MR) is 94.7 cm³/mol. The molecule has 1 aliphatic rings. The second-order valence-electron chi connectivity index (χ2n) is 5.48. The molecule has 0 spiro atoms. The van der Waals surface area contributed by atoms with Crippen LogP contribution >= 0.6 is 11.3 Å². The van der Waals surface area contributed by atoms with E-state index < -0.39 is 10.0 Å². The van der Waals surface area contributed by atoms with Crippen LogP contribution in [0.15, 0.2) is 52.7 Å². The van der Waals surface area contributed by atoms with Crippen LogP contribution in [0.5, 0.6) is 0 Å². The van der Waals surface area contributed by atoms with Crippen molar-refractivity contribution >= 4 is 32.3 Å². The van der Waals surface area contributed by atoms with Gasteiger partial charge < -0.3 is 4.90 Å². The van der Waals surface area contributed by atoms with E-state index >= 15 is 0 Å². The number of hydrogen-bond acceptors (Lipinski definition) is 5. The summed E-state index contributed by atoms with van der Waals surface area (Å²) in [6.07, 6.45) is 0. The van der Waals surface area contributed by atoms with Crippen LogP contribution in [0.1, 0.15) is 0 Å². The maximum Gasteiger partial charge on any atom is 0.241 e. The molecule has 0 unspecified atom stereocenters. The van der Waals surface area contributed by atoms with Crippen LogP contribution in [0.25, 0.3) is 0 Å². The molecule has 1 saturated heterocycles. The predicted octanol–water partition coefficient (Wildman–Crippen LogP) is 1.38. The van der Waals surface area contributed by atoms with E-state index in [1.807, 2.05) is 22.4 Å². The molecule has 0 saturated carbocycles. The van der Waals surface area contributed by atoms with E-state index in [2.05, 4.69) is 4.72 Å². The molecule has 1 fully saturated rings. The van der Waals surface area contributed by atoms with Gasteiger partial charge in [-0.05, 0) is 29.6 Å². The SMILES string of the molecule is O=C1CN(CCNS(=O)(=O)c2ccccc2)CCN1c1cccs1. The number of hydrogen-bond donors (Lipinski definition) is 1. The summed E-state index contributed by atoms with van der Waals surface area (Å²) >= 11 is 1.55. The molecule has 2 heterocycles. The molecule has 1 N–H and O–H groups in total. The fraction of sp³-hybridized carbons (Fsp3) is 0.312. The molecule has 0 bridgehead atoms. The lowest BCUT2D eigenvalue weighted by Crippen LogP contribution is -2.51. The highest BCUT2D eigenvalue weighted by Crippen LogP contribution is 2.22. The second kappa shape index (κ2) is 7.43. The largest absolute Gasteiger partial charge is 0.301 e. The quantitative estimate of drug-likeness (QED) is 0.840. The van der Waals surface area contributed by atoms with Crippen molar-refractivity contribution in [2.24, 2.45) is 0 Å². The van der Waals surface area contributed by atoms with Crippen LogP contribution in [0.4, 0.5) is 5.00 Å². The fourth-order valence-electron chi connectivity index (χ4n) is 2.59. The molecule has 2 aromatic rings. The Balaban J connectivity index is 1.49. The number of thiophene rings is 1. The van der Waals surface area contributed by atoms with Crippen molar-refractivity contribution in [1.82, 2.24) is 9.62 Å². The van der Waals surface area contributed by atoms with Gasteiger partial charge in [-0.3, -0.25) is 9.69 Å². The standard InChI is InChI=1S/C16H19N3O3S2/c20-15-13-18(10-11-19(15)16-7-4-12-23-16)9-8-17-24(21,22)14-5-2-1-3-6-14/h1-7,12,17H,8-11,13H2. The molecule has 24 heavy (non-hydrogen) atoms. The van der Waals surface area contributed by atoms with Crippen LogP contribution in [0, 0.1) is 0 Å². The molecule has 0 radical (unpaired) electrons. The maximum atomic E-state index is 12.2. The van der Waals surface area contributed by atoms with Crippen LogP contribution in [-0.2, 0) is 14.8 Å². The first-order valence-electron chi connectivity index (χ1n) is 7.67. The Hall–Kier alpha value is -1.74. The smallest absolute Gasteiger partial charge is 0.241 e. The number of piperazine rings is 1. The van der Waals surface area contributed by atoms with E-state index in [9.17, 15) is 13.2 Å². The highest BCUT2D eigenvalue weighted by molar-refractivity contribution is 7.89. The highest BCUT2D eigenvalue weighted by Gasteiger charge is 2.25. The van der Waals surface area contributed by atoms with Gasteiger partial charge in [0.2, 0.25) is 15.9 Å². The van der Waals surface area contributed by atoms with E-state index in [-0.39, 0.29) is 17.3 Å². The monoisotopic (exact) mass is 365 g/mol. The van der Waals surface area contributed by atoms with Gasteiger partial charge in [0.25, 0.3) is 0 Å². The second-order valence-corrected chi connectivity index (χ2v) is 8.18. The van der Waals surface area contributed by atoms with Crippen LogP contribution in [0.3, 0.4) is 0 Å². The Morgan fingerprint density at radius 3 is 2.54 bits per heavy atom. The lowest BCUT2D eigenvalue weighted by atomic mass is 10.3. The molecule has 1 amide bonds. The number of benzene rings is 1. The zero-order valence-corrected chi connectivity index (χ0v) is 14.7.